The average molecular weight is 1960 g/mol. The van der Waals surface area contributed by atoms with E-state index in [-0.39, 0.29) is 77.8 Å². The number of amides is 8. The molecule has 0 saturated carbocycles. The summed E-state index contributed by atoms with van der Waals surface area (Å²) < 4.78 is 43.8. The SMILES string of the molecule is C=C(C)C(=O)OCCCCCOc1ccc2c3c(cccc13)C(=O)N(CCCCCC)C2=O.C=CC(=O)OCCCCCCNc1ccc2c3c(cccc13)C(=O)N(CC1CCCN1CC)C2=O.C=CC(=O)OCCCCCCNc1ccc2c3c(cccc13)C(=O)N(CCC[Si](OCC)(OCC)OCC)C2=O.C=CC(=O)OCCCCCCNc1ccc2c3c(cccc13)C(=O)N(CCN1CCCC1)C2=O. The molecule has 0 aliphatic carbocycles. The molecule has 8 aromatic carbocycles. The zero-order chi connectivity index (χ0) is 101. The maximum Gasteiger partial charge on any atom is 0.500 e. The van der Waals surface area contributed by atoms with Gasteiger partial charge in [-0.1, -0.05) is 127 Å². The molecule has 3 N–H and O–H groups in total. The van der Waals surface area contributed by atoms with Gasteiger partial charge in [0.05, 0.1) is 33.0 Å². The van der Waals surface area contributed by atoms with Crippen molar-refractivity contribution in [1.82, 2.24) is 29.4 Å². The fourth-order valence-corrected chi connectivity index (χ4v) is 21.6. The number of esters is 4. The molecule has 760 valence electrons. The minimum atomic E-state index is -2.87. The molecule has 2 fully saturated rings. The Hall–Kier alpha value is -12.6. The van der Waals surface area contributed by atoms with Crippen LogP contribution >= 0.6 is 0 Å². The highest BCUT2D eigenvalue weighted by atomic mass is 28.4. The fraction of sp³-hybridized carbons (Fsp3) is 0.464. The molecule has 6 aliphatic heterocycles. The Morgan fingerprint density at radius 3 is 1.13 bits per heavy atom. The molecule has 0 bridgehead atoms. The highest BCUT2D eigenvalue weighted by Crippen LogP contribution is 2.41. The Morgan fingerprint density at radius 2 is 0.725 bits per heavy atom. The maximum absolute atomic E-state index is 13.5. The number of hydrogen-bond acceptors (Lipinski definition) is 25. The lowest BCUT2D eigenvalue weighted by atomic mass is 9.92. The van der Waals surface area contributed by atoms with E-state index in [1.54, 1.807) is 25.1 Å². The summed E-state index contributed by atoms with van der Waals surface area (Å²) in [4.78, 5) is 161. The quantitative estimate of drug-likeness (QED) is 0.00796. The lowest BCUT2D eigenvalue weighted by molar-refractivity contribution is -0.139. The lowest BCUT2D eigenvalue weighted by Crippen LogP contribution is -2.47. The normalized spacial score (nSPS) is 14.8. The van der Waals surface area contributed by atoms with E-state index in [9.17, 15) is 57.5 Å². The van der Waals surface area contributed by atoms with E-state index < -0.39 is 14.8 Å². The first-order valence-electron chi connectivity index (χ1n) is 51.1. The van der Waals surface area contributed by atoms with Gasteiger partial charge in [-0.2, -0.15) is 0 Å². The van der Waals surface area contributed by atoms with Gasteiger partial charge in [-0.3, -0.25) is 62.9 Å². The third-order valence-corrected chi connectivity index (χ3v) is 29.4. The molecule has 142 heavy (non-hydrogen) atoms. The van der Waals surface area contributed by atoms with Gasteiger partial charge in [0.2, 0.25) is 0 Å². The Morgan fingerprint density at radius 1 is 0.373 bits per heavy atom. The number of unbranched alkanes of at least 4 members (excludes halogenated alkanes) is 14. The zero-order valence-electron chi connectivity index (χ0n) is 83.9. The van der Waals surface area contributed by atoms with Crippen molar-refractivity contribution >= 4 is 140 Å². The van der Waals surface area contributed by atoms with Crippen LogP contribution in [-0.4, -0.2) is 247 Å². The van der Waals surface area contributed by atoms with Crippen LogP contribution in [0.15, 0.2) is 171 Å². The van der Waals surface area contributed by atoms with E-state index in [2.05, 4.69) is 65.9 Å². The van der Waals surface area contributed by atoms with Gasteiger partial charge in [0.15, 0.2) is 0 Å². The molecule has 6 aliphatic rings. The summed E-state index contributed by atoms with van der Waals surface area (Å²) in [6, 6.07) is 38.2. The number of imide groups is 4. The van der Waals surface area contributed by atoms with Crippen LogP contribution < -0.4 is 20.7 Å². The number of nitrogens with one attached hydrogen (secondary N) is 3. The molecule has 6 heterocycles. The van der Waals surface area contributed by atoms with E-state index in [0.29, 0.717) is 152 Å². The van der Waals surface area contributed by atoms with Crippen LogP contribution in [-0.2, 0) is 51.4 Å². The molecular weight excluding hydrogens is 1820 g/mol. The predicted octanol–water partition coefficient (Wildman–Crippen LogP) is 20.1. The Balaban J connectivity index is 0.000000181. The highest BCUT2D eigenvalue weighted by molar-refractivity contribution is 6.60. The van der Waals surface area contributed by atoms with Gasteiger partial charge in [-0.05, 0) is 242 Å². The second-order valence-corrected chi connectivity index (χ2v) is 38.8. The number of carbonyl (C=O) groups is 12. The van der Waals surface area contributed by atoms with Crippen LogP contribution in [0, 0.1) is 0 Å². The predicted molar refractivity (Wildman–Crippen MR) is 557 cm³/mol. The maximum atomic E-state index is 13.5. The first-order chi connectivity index (χ1) is 69.0. The van der Waals surface area contributed by atoms with Crippen LogP contribution in [0.5, 0.6) is 5.75 Å². The molecule has 0 spiro atoms. The third-order valence-electron chi connectivity index (χ3n) is 26.3. The molecule has 14 rings (SSSR count). The van der Waals surface area contributed by atoms with E-state index in [1.807, 2.05) is 124 Å². The van der Waals surface area contributed by atoms with Crippen molar-refractivity contribution in [2.75, 3.05) is 147 Å². The van der Waals surface area contributed by atoms with Gasteiger partial charge in [0.1, 0.15) is 5.75 Å². The van der Waals surface area contributed by atoms with Gasteiger partial charge in [0, 0.05) is 213 Å². The second kappa shape index (κ2) is 56.3. The first-order valence-corrected chi connectivity index (χ1v) is 53.0. The number of hydrogen-bond donors (Lipinski definition) is 3. The summed E-state index contributed by atoms with van der Waals surface area (Å²) in [7, 11) is -2.87. The van der Waals surface area contributed by atoms with Gasteiger partial charge >= 0.3 is 32.7 Å². The number of nitrogens with zero attached hydrogens (tertiary/aromatic N) is 6. The van der Waals surface area contributed by atoms with Crippen molar-refractivity contribution in [3.05, 3.63) is 216 Å². The number of rotatable bonds is 56. The molecule has 0 radical (unpaired) electrons. The smallest absolute Gasteiger partial charge is 0.493 e. The largest absolute Gasteiger partial charge is 0.500 e. The van der Waals surface area contributed by atoms with E-state index in [1.165, 1.54) is 50.7 Å². The summed E-state index contributed by atoms with van der Waals surface area (Å²) in [5.74, 6) is -2.64. The van der Waals surface area contributed by atoms with Crippen molar-refractivity contribution in [3.63, 3.8) is 0 Å². The summed E-state index contributed by atoms with van der Waals surface area (Å²) >= 11 is 0. The topological polar surface area (TPSA) is 334 Å². The second-order valence-electron chi connectivity index (χ2n) is 36.1. The first kappa shape index (κ1) is 110. The molecule has 1 unspecified atom stereocenters. The Bertz CT molecular complexity index is 5710. The van der Waals surface area contributed by atoms with E-state index in [4.69, 9.17) is 37.0 Å². The Kier molecular flexibility index (Phi) is 43.5. The Labute approximate surface area is 836 Å². The minimum Gasteiger partial charge on any atom is -0.493 e. The highest BCUT2D eigenvalue weighted by Gasteiger charge is 2.43. The number of anilines is 3. The molecule has 0 aromatic heterocycles. The number of benzene rings is 8. The number of carbonyl (C=O) groups excluding carboxylic acids is 12. The fourth-order valence-electron chi connectivity index (χ4n) is 19.0. The molecule has 8 aromatic rings. The molecular formula is C112H143N9O20Si. The van der Waals surface area contributed by atoms with Crippen LogP contribution in [0.25, 0.3) is 43.1 Å². The van der Waals surface area contributed by atoms with Crippen LogP contribution in [0.1, 0.15) is 279 Å². The van der Waals surface area contributed by atoms with Gasteiger partial charge < -0.3 is 57.8 Å². The molecule has 29 nitrogen and oxygen atoms in total. The third kappa shape index (κ3) is 28.9. The van der Waals surface area contributed by atoms with E-state index in [0.717, 1.165) is 237 Å². The summed E-state index contributed by atoms with van der Waals surface area (Å²) in [5, 5.41) is 16.8. The molecule has 1 atom stereocenters. The molecule has 30 heteroatoms. The summed E-state index contributed by atoms with van der Waals surface area (Å²) in [5.41, 5.74) is 7.78. The number of ether oxygens (including phenoxy) is 5. The van der Waals surface area contributed by atoms with Crippen LogP contribution in [0.2, 0.25) is 6.04 Å². The average Bonchev–Trinajstić information content (AvgIpc) is 0.793. The monoisotopic (exact) mass is 1960 g/mol. The molecule has 8 amide bonds. The van der Waals surface area contributed by atoms with Crippen LogP contribution in [0.3, 0.4) is 0 Å². The van der Waals surface area contributed by atoms with Gasteiger partial charge in [0.25, 0.3) is 47.3 Å². The molecule has 2 saturated heterocycles. The van der Waals surface area contributed by atoms with Crippen molar-refractivity contribution in [2.45, 2.75) is 208 Å². The standard InChI is InChI=1S/C30H42N2O7Si.C28H35N3O4.C27H33N3O4.C27H33NO5/c1-5-27(33)36-21-12-10-9-11-19-31-26-18-17-25-28-23(26)15-13-16-24(28)29(34)32(30(25)35)20-14-22-40(37-6-2,38-7-3)39-8-4;1-3-25(32)35-18-8-6-5-7-16-29-24-15-14-23-26-21(24)12-9-13-22(26)27(33)31(28(23)34)19-20-11-10-17-30(20)4-2;1-2-24(31)34-19-8-4-3-5-14-28-23-13-12-22-25-20(23)10-9-11-21(25)26(32)30(27(22)33)18-17-29-15-6-7-16-29;1-4-5-6-8-16-28-25(29)21-13-11-12-20-23(15-14-22(24(20)21)26(28)30)32-17-9-7-10-18-33-27(31)19(2)3/h5,13,15-18,31H,1,6-12,14,19-22H2,2-4H3;3,9,12-15,20,29H,1,4-8,10-11,16-19H2,2H3;2,9-13,28H,1,3-8,14-19H2;11-15H,2,4-10,16-18H2,1,3H3. The minimum absolute atomic E-state index is 0.189. The van der Waals surface area contributed by atoms with Crippen molar-refractivity contribution in [3.8, 4) is 5.75 Å². The number of likely N-dealkylation sites (tertiary alicyclic amines) is 2. The van der Waals surface area contributed by atoms with Crippen LogP contribution in [0.4, 0.5) is 17.1 Å². The zero-order valence-corrected chi connectivity index (χ0v) is 84.9. The lowest BCUT2D eigenvalue weighted by Gasteiger charge is -2.32. The number of likely N-dealkylation sites (N-methyl/N-ethyl adjacent to an activating group) is 1. The summed E-state index contributed by atoms with van der Waals surface area (Å²) in [6.45, 7) is 37.6. The summed E-state index contributed by atoms with van der Waals surface area (Å²) in [6.07, 6.45) is 26.3. The van der Waals surface area contributed by atoms with E-state index >= 15 is 0 Å². The van der Waals surface area contributed by atoms with Crippen molar-refractivity contribution in [1.29, 1.82) is 0 Å². The van der Waals surface area contributed by atoms with Crippen molar-refractivity contribution in [2.24, 2.45) is 0 Å². The van der Waals surface area contributed by atoms with Crippen molar-refractivity contribution < 1.29 is 94.5 Å². The van der Waals surface area contributed by atoms with Gasteiger partial charge in [-0.15, -0.1) is 0 Å². The van der Waals surface area contributed by atoms with Gasteiger partial charge in [-0.25, -0.2) is 19.2 Å².